The van der Waals surface area contributed by atoms with Crippen molar-refractivity contribution in [2.75, 3.05) is 26.0 Å². The summed E-state index contributed by atoms with van der Waals surface area (Å²) in [4.78, 5) is 5.87. The Kier molecular flexibility index (Phi) is 5.03. The van der Waals surface area contributed by atoms with E-state index in [4.69, 9.17) is 0 Å². The molecule has 22 heavy (non-hydrogen) atoms. The van der Waals surface area contributed by atoms with Crippen molar-refractivity contribution >= 4 is 5.82 Å². The highest BCUT2D eigenvalue weighted by Crippen LogP contribution is 2.29. The van der Waals surface area contributed by atoms with E-state index in [1.165, 1.54) is 6.07 Å². The van der Waals surface area contributed by atoms with Gasteiger partial charge in [0.25, 0.3) is 0 Å². The molecule has 0 spiro atoms. The van der Waals surface area contributed by atoms with Gasteiger partial charge in [0.15, 0.2) is 0 Å². The Balaban J connectivity index is 2.04. The van der Waals surface area contributed by atoms with Gasteiger partial charge in [0.05, 0.1) is 11.6 Å². The summed E-state index contributed by atoms with van der Waals surface area (Å²) in [6.07, 6.45) is -3.52. The second-order valence-electron chi connectivity index (χ2n) is 5.20. The Bertz CT molecular complexity index is 580. The van der Waals surface area contributed by atoms with Crippen LogP contribution in [0.1, 0.15) is 17.2 Å². The molecule has 1 aromatic heterocycles. The van der Waals surface area contributed by atoms with E-state index < -0.39 is 11.7 Å². The molecule has 0 amide bonds. The highest BCUT2D eigenvalue weighted by molar-refractivity contribution is 5.37. The number of hydrogen-bond acceptors (Lipinski definition) is 3. The van der Waals surface area contributed by atoms with Crippen molar-refractivity contribution in [1.82, 2.24) is 9.88 Å². The maximum absolute atomic E-state index is 12.5. The largest absolute Gasteiger partial charge is 0.417 e. The van der Waals surface area contributed by atoms with Gasteiger partial charge in [0, 0.05) is 12.7 Å². The van der Waals surface area contributed by atoms with Gasteiger partial charge >= 0.3 is 6.18 Å². The van der Waals surface area contributed by atoms with Crippen LogP contribution in [0.2, 0.25) is 0 Å². The Morgan fingerprint density at radius 3 is 2.27 bits per heavy atom. The Morgan fingerprint density at radius 1 is 1.09 bits per heavy atom. The molecule has 3 nitrogen and oxygen atoms in total. The molecule has 1 atom stereocenters. The summed E-state index contributed by atoms with van der Waals surface area (Å²) < 4.78 is 37.5. The minimum atomic E-state index is -4.36. The highest BCUT2D eigenvalue weighted by Gasteiger charge is 2.30. The zero-order chi connectivity index (χ0) is 16.2. The molecule has 0 unspecified atom stereocenters. The number of rotatable bonds is 5. The summed E-state index contributed by atoms with van der Waals surface area (Å²) in [7, 11) is 3.92. The first-order valence-corrected chi connectivity index (χ1v) is 6.86. The van der Waals surface area contributed by atoms with Crippen LogP contribution in [-0.2, 0) is 6.18 Å². The standard InChI is InChI=1S/C16H18F3N3/c1-22(2)14(12-6-4-3-5-7-12)11-21-15-9-8-13(10-20-15)16(17,18)19/h3-10,14H,11H2,1-2H3,(H,20,21)/t14-/m0/s1. The fourth-order valence-corrected chi connectivity index (χ4v) is 2.14. The molecule has 0 saturated heterocycles. The van der Waals surface area contributed by atoms with E-state index in [0.717, 1.165) is 17.8 Å². The fourth-order valence-electron chi connectivity index (χ4n) is 2.14. The predicted octanol–water partition coefficient (Wildman–Crippen LogP) is 3.82. The normalized spacial score (nSPS) is 13.2. The first-order chi connectivity index (χ1) is 10.4. The molecular weight excluding hydrogens is 291 g/mol. The first kappa shape index (κ1) is 16.3. The van der Waals surface area contributed by atoms with Gasteiger partial charge in [0.1, 0.15) is 5.82 Å². The summed E-state index contributed by atoms with van der Waals surface area (Å²) in [6.45, 7) is 0.551. The molecule has 0 fully saturated rings. The van der Waals surface area contributed by atoms with Gasteiger partial charge in [-0.05, 0) is 31.8 Å². The maximum Gasteiger partial charge on any atom is 0.417 e. The minimum Gasteiger partial charge on any atom is -0.368 e. The van der Waals surface area contributed by atoms with E-state index in [2.05, 4.69) is 10.3 Å². The van der Waals surface area contributed by atoms with Crippen LogP contribution >= 0.6 is 0 Å². The summed E-state index contributed by atoms with van der Waals surface area (Å²) in [5.74, 6) is 0.427. The predicted molar refractivity (Wildman–Crippen MR) is 80.6 cm³/mol. The third-order valence-corrected chi connectivity index (χ3v) is 3.38. The topological polar surface area (TPSA) is 28.2 Å². The quantitative estimate of drug-likeness (QED) is 0.910. The molecule has 2 aromatic rings. The lowest BCUT2D eigenvalue weighted by Crippen LogP contribution is -2.27. The van der Waals surface area contributed by atoms with Crippen molar-refractivity contribution in [1.29, 1.82) is 0 Å². The van der Waals surface area contributed by atoms with Crippen LogP contribution in [0.25, 0.3) is 0 Å². The summed E-state index contributed by atoms with van der Waals surface area (Å²) >= 11 is 0. The van der Waals surface area contributed by atoms with Crippen molar-refractivity contribution in [3.8, 4) is 0 Å². The van der Waals surface area contributed by atoms with E-state index in [1.54, 1.807) is 0 Å². The molecule has 1 N–H and O–H groups in total. The lowest BCUT2D eigenvalue weighted by molar-refractivity contribution is -0.137. The second-order valence-corrected chi connectivity index (χ2v) is 5.20. The Hall–Kier alpha value is -2.08. The average Bonchev–Trinajstić information content (AvgIpc) is 2.48. The van der Waals surface area contributed by atoms with Crippen molar-refractivity contribution in [3.63, 3.8) is 0 Å². The van der Waals surface area contributed by atoms with Gasteiger partial charge in [-0.25, -0.2) is 4.98 Å². The number of anilines is 1. The monoisotopic (exact) mass is 309 g/mol. The summed E-state index contributed by atoms with van der Waals surface area (Å²) in [5, 5.41) is 3.08. The van der Waals surface area contributed by atoms with Crippen molar-refractivity contribution in [3.05, 3.63) is 59.8 Å². The Labute approximate surface area is 127 Å². The molecule has 0 bridgehead atoms. The number of hydrogen-bond donors (Lipinski definition) is 1. The van der Waals surface area contributed by atoms with Gasteiger partial charge in [-0.1, -0.05) is 30.3 Å². The molecular formula is C16H18F3N3. The molecule has 0 aliphatic rings. The smallest absolute Gasteiger partial charge is 0.368 e. The number of likely N-dealkylation sites (N-methyl/N-ethyl adjacent to an activating group) is 1. The number of halogens is 3. The molecule has 0 aliphatic heterocycles. The zero-order valence-corrected chi connectivity index (χ0v) is 12.4. The molecule has 0 radical (unpaired) electrons. The van der Waals surface area contributed by atoms with Crippen molar-refractivity contribution < 1.29 is 13.2 Å². The molecule has 118 valence electrons. The van der Waals surface area contributed by atoms with E-state index >= 15 is 0 Å². The van der Waals surface area contributed by atoms with Crippen LogP contribution in [0, 0.1) is 0 Å². The minimum absolute atomic E-state index is 0.102. The summed E-state index contributed by atoms with van der Waals surface area (Å²) in [6, 6.07) is 12.4. The Morgan fingerprint density at radius 2 is 1.77 bits per heavy atom. The third kappa shape index (κ3) is 4.21. The zero-order valence-electron chi connectivity index (χ0n) is 12.4. The molecule has 1 heterocycles. The third-order valence-electron chi connectivity index (χ3n) is 3.38. The number of benzene rings is 1. The molecule has 6 heteroatoms. The highest BCUT2D eigenvalue weighted by atomic mass is 19.4. The average molecular weight is 309 g/mol. The number of nitrogens with zero attached hydrogens (tertiary/aromatic N) is 2. The van der Waals surface area contributed by atoms with Gasteiger partial charge in [-0.15, -0.1) is 0 Å². The van der Waals surface area contributed by atoms with E-state index in [-0.39, 0.29) is 6.04 Å². The molecule has 1 aromatic carbocycles. The number of nitrogens with one attached hydrogen (secondary N) is 1. The number of alkyl halides is 3. The van der Waals surface area contributed by atoms with Crippen LogP contribution in [0.5, 0.6) is 0 Å². The summed E-state index contributed by atoms with van der Waals surface area (Å²) in [5.41, 5.74) is 0.386. The molecule has 2 rings (SSSR count). The lowest BCUT2D eigenvalue weighted by Gasteiger charge is -2.25. The number of pyridine rings is 1. The SMILES string of the molecule is CN(C)[C@@H](CNc1ccc(C(F)(F)F)cn1)c1ccccc1. The van der Waals surface area contributed by atoms with Crippen LogP contribution in [0.4, 0.5) is 19.0 Å². The van der Waals surface area contributed by atoms with Crippen LogP contribution < -0.4 is 5.32 Å². The first-order valence-electron chi connectivity index (χ1n) is 6.86. The van der Waals surface area contributed by atoms with Gasteiger partial charge in [0.2, 0.25) is 0 Å². The van der Waals surface area contributed by atoms with Crippen LogP contribution in [0.15, 0.2) is 48.7 Å². The fraction of sp³-hybridized carbons (Fsp3) is 0.312. The number of aromatic nitrogens is 1. The van der Waals surface area contributed by atoms with Crippen LogP contribution in [-0.4, -0.2) is 30.5 Å². The maximum atomic E-state index is 12.5. The van der Waals surface area contributed by atoms with E-state index in [9.17, 15) is 13.2 Å². The second kappa shape index (κ2) is 6.79. The molecule has 0 saturated carbocycles. The van der Waals surface area contributed by atoms with Crippen LogP contribution in [0.3, 0.4) is 0 Å². The van der Waals surface area contributed by atoms with Gasteiger partial charge in [-0.3, -0.25) is 0 Å². The van der Waals surface area contributed by atoms with Gasteiger partial charge in [-0.2, -0.15) is 13.2 Å². The van der Waals surface area contributed by atoms with Gasteiger partial charge < -0.3 is 10.2 Å². The van der Waals surface area contributed by atoms with Crippen molar-refractivity contribution in [2.45, 2.75) is 12.2 Å². The van der Waals surface area contributed by atoms with E-state index in [1.807, 2.05) is 49.3 Å². The van der Waals surface area contributed by atoms with E-state index in [0.29, 0.717) is 12.4 Å². The van der Waals surface area contributed by atoms with Crippen molar-refractivity contribution in [2.24, 2.45) is 0 Å². The lowest BCUT2D eigenvalue weighted by atomic mass is 10.1. The molecule has 0 aliphatic carbocycles.